The van der Waals surface area contributed by atoms with Gasteiger partial charge in [0, 0.05) is 12.6 Å². The van der Waals surface area contributed by atoms with Crippen LogP contribution in [0.4, 0.5) is 0 Å². The van der Waals surface area contributed by atoms with Gasteiger partial charge in [-0.1, -0.05) is 19.8 Å². The van der Waals surface area contributed by atoms with Gasteiger partial charge in [-0.05, 0) is 26.3 Å². The standard InChI is InChI=1S/C13H25N3O/c1-6-8-15-13(17)11(4)16(5)9-7-12(14)10(2)3/h1,10-12H,7-9,14H2,2-5H3,(H,15,17). The van der Waals surface area contributed by atoms with E-state index in [1.807, 2.05) is 18.9 Å². The number of nitrogens with one attached hydrogen (secondary N) is 1. The maximum absolute atomic E-state index is 11.6. The lowest BCUT2D eigenvalue weighted by molar-refractivity contribution is -0.125. The van der Waals surface area contributed by atoms with E-state index >= 15 is 0 Å². The first-order valence-electron chi connectivity index (χ1n) is 6.07. The fourth-order valence-corrected chi connectivity index (χ4v) is 1.37. The van der Waals surface area contributed by atoms with Gasteiger partial charge in [-0.2, -0.15) is 0 Å². The van der Waals surface area contributed by atoms with Crippen molar-refractivity contribution in [2.45, 2.75) is 39.3 Å². The van der Waals surface area contributed by atoms with Crippen molar-refractivity contribution in [3.63, 3.8) is 0 Å². The minimum absolute atomic E-state index is 0.0384. The van der Waals surface area contributed by atoms with Crippen molar-refractivity contribution >= 4 is 5.91 Å². The number of carbonyl (C=O) groups is 1. The number of likely N-dealkylation sites (N-methyl/N-ethyl adjacent to an activating group) is 1. The second-order valence-corrected chi connectivity index (χ2v) is 4.78. The lowest BCUT2D eigenvalue weighted by Crippen LogP contribution is -2.44. The average molecular weight is 239 g/mol. The molecule has 2 atom stereocenters. The predicted octanol–water partition coefficient (Wildman–Crippen LogP) is 0.430. The van der Waals surface area contributed by atoms with Crippen LogP contribution in [0.1, 0.15) is 27.2 Å². The Labute approximate surface area is 105 Å². The molecule has 0 aliphatic heterocycles. The topological polar surface area (TPSA) is 58.4 Å². The number of nitrogens with zero attached hydrogens (tertiary/aromatic N) is 1. The molecule has 0 radical (unpaired) electrons. The summed E-state index contributed by atoms with van der Waals surface area (Å²) < 4.78 is 0. The zero-order valence-electron chi connectivity index (χ0n) is 11.4. The Morgan fingerprint density at radius 2 is 2.06 bits per heavy atom. The third kappa shape index (κ3) is 6.30. The highest BCUT2D eigenvalue weighted by molar-refractivity contribution is 5.81. The first kappa shape index (κ1) is 16.0. The maximum atomic E-state index is 11.6. The number of hydrogen-bond acceptors (Lipinski definition) is 3. The average Bonchev–Trinajstić information content (AvgIpc) is 2.31. The van der Waals surface area contributed by atoms with E-state index in [1.54, 1.807) is 0 Å². The molecule has 0 spiro atoms. The zero-order chi connectivity index (χ0) is 13.4. The molecular formula is C13H25N3O. The second kappa shape index (κ2) is 8.10. The molecule has 0 aliphatic rings. The number of carbonyl (C=O) groups excluding carboxylic acids is 1. The van der Waals surface area contributed by atoms with Crippen LogP contribution in [0.2, 0.25) is 0 Å². The van der Waals surface area contributed by atoms with Crippen LogP contribution in [-0.2, 0) is 4.79 Å². The van der Waals surface area contributed by atoms with E-state index in [0.717, 1.165) is 13.0 Å². The summed E-state index contributed by atoms with van der Waals surface area (Å²) in [5.74, 6) is 2.82. The first-order chi connectivity index (χ1) is 7.90. The highest BCUT2D eigenvalue weighted by Gasteiger charge is 2.18. The van der Waals surface area contributed by atoms with E-state index in [4.69, 9.17) is 12.2 Å². The van der Waals surface area contributed by atoms with Gasteiger partial charge in [0.15, 0.2) is 0 Å². The molecule has 0 fully saturated rings. The van der Waals surface area contributed by atoms with Gasteiger partial charge in [0.1, 0.15) is 0 Å². The molecule has 1 amide bonds. The summed E-state index contributed by atoms with van der Waals surface area (Å²) in [6.07, 6.45) is 5.98. The van der Waals surface area contributed by atoms with E-state index in [0.29, 0.717) is 5.92 Å². The van der Waals surface area contributed by atoms with Crippen LogP contribution in [0.3, 0.4) is 0 Å². The number of hydrogen-bond donors (Lipinski definition) is 2. The molecule has 98 valence electrons. The van der Waals surface area contributed by atoms with Crippen LogP contribution in [0.15, 0.2) is 0 Å². The van der Waals surface area contributed by atoms with Crippen molar-refractivity contribution in [1.82, 2.24) is 10.2 Å². The lowest BCUT2D eigenvalue weighted by atomic mass is 10.0. The van der Waals surface area contributed by atoms with Crippen LogP contribution >= 0.6 is 0 Å². The Bertz CT molecular complexity index is 270. The molecule has 0 aromatic rings. The van der Waals surface area contributed by atoms with Crippen molar-refractivity contribution in [3.05, 3.63) is 0 Å². The highest BCUT2D eigenvalue weighted by atomic mass is 16.2. The predicted molar refractivity (Wildman–Crippen MR) is 71.4 cm³/mol. The monoisotopic (exact) mass is 239 g/mol. The zero-order valence-corrected chi connectivity index (χ0v) is 11.4. The van der Waals surface area contributed by atoms with Crippen LogP contribution in [0.25, 0.3) is 0 Å². The lowest BCUT2D eigenvalue weighted by Gasteiger charge is -2.25. The van der Waals surface area contributed by atoms with Crippen LogP contribution in [-0.4, -0.2) is 43.0 Å². The highest BCUT2D eigenvalue weighted by Crippen LogP contribution is 2.05. The smallest absolute Gasteiger partial charge is 0.237 e. The molecule has 0 saturated heterocycles. The summed E-state index contributed by atoms with van der Waals surface area (Å²) in [6.45, 7) is 7.17. The van der Waals surface area contributed by atoms with E-state index in [9.17, 15) is 4.79 Å². The number of amides is 1. The quantitative estimate of drug-likeness (QED) is 0.633. The van der Waals surface area contributed by atoms with Gasteiger partial charge < -0.3 is 11.1 Å². The Morgan fingerprint density at radius 1 is 1.47 bits per heavy atom. The third-order valence-corrected chi connectivity index (χ3v) is 3.08. The van der Waals surface area contributed by atoms with Gasteiger partial charge in [-0.15, -0.1) is 6.42 Å². The first-order valence-corrected chi connectivity index (χ1v) is 6.07. The Hall–Kier alpha value is -1.05. The molecule has 4 heteroatoms. The fraction of sp³-hybridized carbons (Fsp3) is 0.769. The molecule has 0 aromatic heterocycles. The SMILES string of the molecule is C#CCNC(=O)C(C)N(C)CCC(N)C(C)C. The second-order valence-electron chi connectivity index (χ2n) is 4.78. The normalized spacial score (nSPS) is 14.5. The summed E-state index contributed by atoms with van der Waals surface area (Å²) in [7, 11) is 1.92. The van der Waals surface area contributed by atoms with Gasteiger partial charge in [-0.3, -0.25) is 9.69 Å². The van der Waals surface area contributed by atoms with Crippen LogP contribution in [0, 0.1) is 18.3 Å². The number of nitrogens with two attached hydrogens (primary N) is 1. The molecule has 0 saturated carbocycles. The summed E-state index contributed by atoms with van der Waals surface area (Å²) in [5, 5.41) is 2.68. The summed E-state index contributed by atoms with van der Waals surface area (Å²) >= 11 is 0. The van der Waals surface area contributed by atoms with Gasteiger partial charge in [0.2, 0.25) is 5.91 Å². The molecule has 0 aliphatic carbocycles. The fourth-order valence-electron chi connectivity index (χ4n) is 1.37. The Morgan fingerprint density at radius 3 is 2.53 bits per heavy atom. The van der Waals surface area contributed by atoms with Gasteiger partial charge in [-0.25, -0.2) is 0 Å². The molecule has 4 nitrogen and oxygen atoms in total. The maximum Gasteiger partial charge on any atom is 0.237 e. The molecule has 0 heterocycles. The van der Waals surface area contributed by atoms with Crippen molar-refractivity contribution in [2.24, 2.45) is 11.7 Å². The molecule has 2 unspecified atom stereocenters. The van der Waals surface area contributed by atoms with Crippen molar-refractivity contribution in [3.8, 4) is 12.3 Å². The summed E-state index contributed by atoms with van der Waals surface area (Å²) in [6, 6.07) is 0.00105. The molecular weight excluding hydrogens is 214 g/mol. The van der Waals surface area contributed by atoms with Crippen LogP contribution in [0.5, 0.6) is 0 Å². The number of terminal acetylenes is 1. The van der Waals surface area contributed by atoms with Crippen molar-refractivity contribution < 1.29 is 4.79 Å². The van der Waals surface area contributed by atoms with E-state index in [1.165, 1.54) is 0 Å². The van der Waals surface area contributed by atoms with Crippen LogP contribution < -0.4 is 11.1 Å². The minimum Gasteiger partial charge on any atom is -0.344 e. The number of rotatable bonds is 7. The van der Waals surface area contributed by atoms with Gasteiger partial charge >= 0.3 is 0 Å². The van der Waals surface area contributed by atoms with E-state index in [2.05, 4.69) is 25.1 Å². The van der Waals surface area contributed by atoms with E-state index in [-0.39, 0.29) is 24.5 Å². The Kier molecular flexibility index (Phi) is 7.60. The minimum atomic E-state index is -0.178. The summed E-state index contributed by atoms with van der Waals surface area (Å²) in [5.41, 5.74) is 5.97. The molecule has 3 N–H and O–H groups in total. The van der Waals surface area contributed by atoms with Crippen molar-refractivity contribution in [2.75, 3.05) is 20.1 Å². The Balaban J connectivity index is 4.01. The largest absolute Gasteiger partial charge is 0.344 e. The molecule has 0 rings (SSSR count). The van der Waals surface area contributed by atoms with Gasteiger partial charge in [0.05, 0.1) is 12.6 Å². The van der Waals surface area contributed by atoms with E-state index < -0.39 is 0 Å². The molecule has 0 bridgehead atoms. The van der Waals surface area contributed by atoms with Gasteiger partial charge in [0.25, 0.3) is 0 Å². The van der Waals surface area contributed by atoms with Crippen molar-refractivity contribution in [1.29, 1.82) is 0 Å². The molecule has 0 aromatic carbocycles. The summed E-state index contributed by atoms with van der Waals surface area (Å²) in [4.78, 5) is 13.6. The molecule has 17 heavy (non-hydrogen) atoms. The third-order valence-electron chi connectivity index (χ3n) is 3.08.